The zero-order valence-electron chi connectivity index (χ0n) is 10.2. The zero-order valence-corrected chi connectivity index (χ0v) is 11.8. The van der Waals surface area contributed by atoms with Crippen molar-refractivity contribution >= 4 is 27.6 Å². The number of unbranched alkanes of at least 4 members (excludes halogenated alkanes) is 1. The van der Waals surface area contributed by atoms with Crippen molar-refractivity contribution in [2.45, 2.75) is 39.2 Å². The Hall–Kier alpha value is -1.03. The Balaban J connectivity index is 2.69. The molecule has 0 spiro atoms. The zero-order chi connectivity index (χ0) is 12.8. The van der Waals surface area contributed by atoms with Crippen LogP contribution in [-0.4, -0.2) is 17.1 Å². The molecule has 94 valence electrons. The van der Waals surface area contributed by atoms with Gasteiger partial charge in [-0.1, -0.05) is 19.8 Å². The number of hydrogen-bond donors (Lipinski definition) is 2. The van der Waals surface area contributed by atoms with Crippen LogP contribution in [0.2, 0.25) is 0 Å². The van der Waals surface area contributed by atoms with E-state index >= 15 is 0 Å². The van der Waals surface area contributed by atoms with Gasteiger partial charge < -0.3 is 10.4 Å². The number of rotatable bonds is 6. The molecule has 0 saturated carbocycles. The molecule has 0 amide bonds. The Morgan fingerprint density at radius 1 is 1.53 bits per heavy atom. The molecule has 2 N–H and O–H groups in total. The summed E-state index contributed by atoms with van der Waals surface area (Å²) >= 11 is 3.39. The minimum atomic E-state index is -0.906. The topological polar surface area (TPSA) is 49.3 Å². The predicted molar refractivity (Wildman–Crippen MR) is 73.7 cm³/mol. The molecule has 0 radical (unpaired) electrons. The second-order valence-corrected chi connectivity index (χ2v) is 5.04. The third-order valence-corrected chi connectivity index (χ3v) is 3.26. The normalized spacial score (nSPS) is 12.2. The maximum atomic E-state index is 10.8. The molecule has 1 rings (SSSR count). The van der Waals surface area contributed by atoms with Gasteiger partial charge in [0.25, 0.3) is 0 Å². The number of anilines is 1. The average Bonchev–Trinajstić information content (AvgIpc) is 2.28. The van der Waals surface area contributed by atoms with E-state index in [0.717, 1.165) is 16.6 Å². The summed E-state index contributed by atoms with van der Waals surface area (Å²) in [5, 5.41) is 12.2. The highest BCUT2D eigenvalue weighted by atomic mass is 79.9. The summed E-state index contributed by atoms with van der Waals surface area (Å²) in [7, 11) is 0. The van der Waals surface area contributed by atoms with E-state index in [2.05, 4.69) is 35.1 Å². The van der Waals surface area contributed by atoms with Crippen LogP contribution in [0.3, 0.4) is 0 Å². The van der Waals surface area contributed by atoms with Crippen LogP contribution in [0, 0.1) is 0 Å². The van der Waals surface area contributed by atoms with Crippen LogP contribution in [-0.2, 0) is 0 Å². The molecule has 0 aliphatic heterocycles. The van der Waals surface area contributed by atoms with E-state index in [1.54, 1.807) is 18.2 Å². The van der Waals surface area contributed by atoms with Gasteiger partial charge in [0.05, 0.1) is 5.56 Å². The van der Waals surface area contributed by atoms with Crippen LogP contribution in [0.1, 0.15) is 43.5 Å². The third kappa shape index (κ3) is 4.38. The first-order chi connectivity index (χ1) is 8.04. The van der Waals surface area contributed by atoms with Crippen LogP contribution in [0.4, 0.5) is 5.69 Å². The van der Waals surface area contributed by atoms with Crippen molar-refractivity contribution in [2.75, 3.05) is 5.32 Å². The summed E-state index contributed by atoms with van der Waals surface area (Å²) in [6.45, 7) is 4.30. The van der Waals surface area contributed by atoms with Gasteiger partial charge in [-0.25, -0.2) is 4.79 Å². The predicted octanol–water partition coefficient (Wildman–Crippen LogP) is 4.14. The van der Waals surface area contributed by atoms with Gasteiger partial charge in [0.2, 0.25) is 0 Å². The lowest BCUT2D eigenvalue weighted by atomic mass is 10.1. The molecule has 1 aromatic rings. The van der Waals surface area contributed by atoms with Gasteiger partial charge in [-0.3, -0.25) is 0 Å². The fraction of sp³-hybridized carbons (Fsp3) is 0.462. The number of carboxylic acid groups (broad SMARTS) is 1. The van der Waals surface area contributed by atoms with E-state index in [4.69, 9.17) is 5.11 Å². The van der Waals surface area contributed by atoms with Crippen LogP contribution in [0.25, 0.3) is 0 Å². The molecule has 0 aliphatic carbocycles. The van der Waals surface area contributed by atoms with E-state index in [1.165, 1.54) is 12.8 Å². The quantitative estimate of drug-likeness (QED) is 0.830. The number of benzene rings is 1. The van der Waals surface area contributed by atoms with Crippen molar-refractivity contribution in [3.8, 4) is 0 Å². The standard InChI is InChI=1S/C13H18BrNO2/c1-3-4-5-9(2)15-12-7-6-10(13(16)17)8-11(12)14/h6-9,15H,3-5H2,1-2H3,(H,16,17). The van der Waals surface area contributed by atoms with E-state index in [1.807, 2.05) is 0 Å². The second-order valence-electron chi connectivity index (χ2n) is 4.19. The summed E-state index contributed by atoms with van der Waals surface area (Å²) in [4.78, 5) is 10.8. The summed E-state index contributed by atoms with van der Waals surface area (Å²) in [5.74, 6) is -0.906. The Morgan fingerprint density at radius 3 is 2.76 bits per heavy atom. The minimum absolute atomic E-state index is 0.295. The van der Waals surface area contributed by atoms with E-state index < -0.39 is 5.97 Å². The van der Waals surface area contributed by atoms with Gasteiger partial charge in [-0.15, -0.1) is 0 Å². The van der Waals surface area contributed by atoms with Gasteiger partial charge in [-0.05, 0) is 47.5 Å². The number of hydrogen-bond acceptors (Lipinski definition) is 2. The lowest BCUT2D eigenvalue weighted by Gasteiger charge is -2.16. The van der Waals surface area contributed by atoms with Crippen molar-refractivity contribution in [3.63, 3.8) is 0 Å². The first kappa shape index (κ1) is 14.0. The molecular formula is C13H18BrNO2. The molecule has 4 heteroatoms. The second kappa shape index (κ2) is 6.64. The van der Waals surface area contributed by atoms with Crippen molar-refractivity contribution in [1.29, 1.82) is 0 Å². The maximum Gasteiger partial charge on any atom is 0.335 e. The fourth-order valence-corrected chi connectivity index (χ4v) is 2.11. The molecule has 0 fully saturated rings. The first-order valence-electron chi connectivity index (χ1n) is 5.84. The Kier molecular flexibility index (Phi) is 5.48. The summed E-state index contributed by atoms with van der Waals surface area (Å²) < 4.78 is 0.792. The molecule has 1 atom stereocenters. The van der Waals surface area contributed by atoms with Gasteiger partial charge >= 0.3 is 5.97 Å². The smallest absolute Gasteiger partial charge is 0.335 e. The molecule has 3 nitrogen and oxygen atoms in total. The third-order valence-electron chi connectivity index (χ3n) is 2.61. The molecule has 1 unspecified atom stereocenters. The molecule has 0 aliphatic rings. The van der Waals surface area contributed by atoms with Crippen LogP contribution < -0.4 is 5.32 Å². The average molecular weight is 300 g/mol. The Bertz CT molecular complexity index is 393. The molecule has 1 aromatic carbocycles. The van der Waals surface area contributed by atoms with Crippen LogP contribution in [0.15, 0.2) is 22.7 Å². The van der Waals surface area contributed by atoms with E-state index in [9.17, 15) is 4.79 Å². The molecule has 0 aromatic heterocycles. The van der Waals surface area contributed by atoms with E-state index in [0.29, 0.717) is 11.6 Å². The summed E-state index contributed by atoms with van der Waals surface area (Å²) in [6.07, 6.45) is 3.49. The highest BCUT2D eigenvalue weighted by Crippen LogP contribution is 2.25. The minimum Gasteiger partial charge on any atom is -0.478 e. The van der Waals surface area contributed by atoms with Crippen molar-refractivity contribution < 1.29 is 9.90 Å². The molecule has 0 bridgehead atoms. The summed E-state index contributed by atoms with van der Waals surface area (Å²) in [6, 6.07) is 5.43. The maximum absolute atomic E-state index is 10.8. The monoisotopic (exact) mass is 299 g/mol. The van der Waals surface area contributed by atoms with Gasteiger partial charge in [-0.2, -0.15) is 0 Å². The fourth-order valence-electron chi connectivity index (χ4n) is 1.61. The number of carbonyl (C=O) groups is 1. The molecule has 17 heavy (non-hydrogen) atoms. The Morgan fingerprint density at radius 2 is 2.24 bits per heavy atom. The number of halogens is 1. The van der Waals surface area contributed by atoms with E-state index in [-0.39, 0.29) is 0 Å². The Labute approximate surface area is 110 Å². The van der Waals surface area contributed by atoms with Crippen LogP contribution in [0.5, 0.6) is 0 Å². The molecular weight excluding hydrogens is 282 g/mol. The van der Waals surface area contributed by atoms with Crippen molar-refractivity contribution in [1.82, 2.24) is 0 Å². The largest absolute Gasteiger partial charge is 0.478 e. The first-order valence-corrected chi connectivity index (χ1v) is 6.63. The van der Waals surface area contributed by atoms with Gasteiger partial charge in [0, 0.05) is 16.2 Å². The van der Waals surface area contributed by atoms with Gasteiger partial charge in [0.1, 0.15) is 0 Å². The number of aromatic carboxylic acids is 1. The summed E-state index contributed by atoms with van der Waals surface area (Å²) in [5.41, 5.74) is 1.24. The lowest BCUT2D eigenvalue weighted by Crippen LogP contribution is -2.15. The van der Waals surface area contributed by atoms with Gasteiger partial charge in [0.15, 0.2) is 0 Å². The van der Waals surface area contributed by atoms with Crippen molar-refractivity contribution in [3.05, 3.63) is 28.2 Å². The highest BCUT2D eigenvalue weighted by Gasteiger charge is 2.08. The number of nitrogens with one attached hydrogen (secondary N) is 1. The molecule has 0 saturated heterocycles. The lowest BCUT2D eigenvalue weighted by molar-refractivity contribution is 0.0697. The SMILES string of the molecule is CCCCC(C)Nc1ccc(C(=O)O)cc1Br. The number of carboxylic acids is 1. The molecule has 0 heterocycles. The highest BCUT2D eigenvalue weighted by molar-refractivity contribution is 9.10. The van der Waals surface area contributed by atoms with Crippen LogP contribution >= 0.6 is 15.9 Å². The van der Waals surface area contributed by atoms with Crippen molar-refractivity contribution in [2.24, 2.45) is 0 Å².